The fourth-order valence-corrected chi connectivity index (χ4v) is 2.37. The third-order valence-corrected chi connectivity index (χ3v) is 3.21. The molecule has 1 aromatic carbocycles. The quantitative estimate of drug-likeness (QED) is 0.801. The van der Waals surface area contributed by atoms with E-state index in [2.05, 4.69) is 41.2 Å². The zero-order valence-electron chi connectivity index (χ0n) is 12.0. The zero-order valence-corrected chi connectivity index (χ0v) is 12.0. The van der Waals surface area contributed by atoms with Gasteiger partial charge in [0.25, 0.3) is 0 Å². The summed E-state index contributed by atoms with van der Waals surface area (Å²) in [5.41, 5.74) is 1.28. The van der Waals surface area contributed by atoms with Gasteiger partial charge in [-0.1, -0.05) is 37.3 Å². The lowest BCUT2D eigenvalue weighted by Gasteiger charge is -2.24. The van der Waals surface area contributed by atoms with Gasteiger partial charge in [0.2, 0.25) is 0 Å². The summed E-state index contributed by atoms with van der Waals surface area (Å²) in [6.07, 6.45) is 4.30. The van der Waals surface area contributed by atoms with Gasteiger partial charge in [-0.15, -0.1) is 0 Å². The smallest absolute Gasteiger partial charge is 0.0862 e. The SMILES string of the molecule is CCCN(Cc1ccccc1)CC(O)Cn1cccn1. The maximum atomic E-state index is 10.2. The van der Waals surface area contributed by atoms with Crippen LogP contribution < -0.4 is 0 Å². The van der Waals surface area contributed by atoms with Crippen molar-refractivity contribution in [3.05, 3.63) is 54.4 Å². The first-order chi connectivity index (χ1) is 9.78. The minimum atomic E-state index is -0.398. The van der Waals surface area contributed by atoms with Crippen molar-refractivity contribution in [2.45, 2.75) is 32.5 Å². The number of hydrogen-bond acceptors (Lipinski definition) is 3. The molecule has 0 saturated carbocycles. The van der Waals surface area contributed by atoms with Crippen LogP contribution in [-0.4, -0.2) is 39.0 Å². The van der Waals surface area contributed by atoms with Crippen LogP contribution in [0.15, 0.2) is 48.8 Å². The molecule has 0 saturated heterocycles. The number of aliphatic hydroxyl groups excluding tert-OH is 1. The largest absolute Gasteiger partial charge is 0.390 e. The van der Waals surface area contributed by atoms with E-state index in [1.165, 1.54) is 5.56 Å². The van der Waals surface area contributed by atoms with Crippen molar-refractivity contribution in [1.82, 2.24) is 14.7 Å². The summed E-state index contributed by atoms with van der Waals surface area (Å²) in [4.78, 5) is 2.30. The summed E-state index contributed by atoms with van der Waals surface area (Å²) in [6, 6.07) is 12.3. The molecule has 2 rings (SSSR count). The Labute approximate surface area is 120 Å². The fraction of sp³-hybridized carbons (Fsp3) is 0.438. The molecule has 1 N–H and O–H groups in total. The zero-order chi connectivity index (χ0) is 14.2. The van der Waals surface area contributed by atoms with Crippen LogP contribution in [0.1, 0.15) is 18.9 Å². The molecule has 0 aliphatic heterocycles. The second kappa shape index (κ2) is 7.82. The second-order valence-electron chi connectivity index (χ2n) is 5.10. The van der Waals surface area contributed by atoms with Crippen molar-refractivity contribution < 1.29 is 5.11 Å². The van der Waals surface area contributed by atoms with E-state index >= 15 is 0 Å². The summed E-state index contributed by atoms with van der Waals surface area (Å²) in [6.45, 7) is 5.25. The molecule has 20 heavy (non-hydrogen) atoms. The minimum Gasteiger partial charge on any atom is -0.390 e. The normalized spacial score (nSPS) is 12.8. The Morgan fingerprint density at radius 2 is 2.05 bits per heavy atom. The van der Waals surface area contributed by atoms with Gasteiger partial charge in [-0.05, 0) is 24.6 Å². The summed E-state index contributed by atoms with van der Waals surface area (Å²) in [5, 5.41) is 14.3. The molecule has 0 bridgehead atoms. The van der Waals surface area contributed by atoms with Crippen LogP contribution in [0.4, 0.5) is 0 Å². The molecule has 4 nitrogen and oxygen atoms in total. The fourth-order valence-electron chi connectivity index (χ4n) is 2.37. The molecule has 0 aliphatic carbocycles. The van der Waals surface area contributed by atoms with Gasteiger partial charge in [-0.25, -0.2) is 0 Å². The predicted molar refractivity (Wildman–Crippen MR) is 80.2 cm³/mol. The van der Waals surface area contributed by atoms with Crippen LogP contribution >= 0.6 is 0 Å². The van der Waals surface area contributed by atoms with Gasteiger partial charge in [-0.2, -0.15) is 5.10 Å². The van der Waals surface area contributed by atoms with Crippen LogP contribution in [0.3, 0.4) is 0 Å². The molecule has 0 amide bonds. The van der Waals surface area contributed by atoms with E-state index in [0.29, 0.717) is 13.1 Å². The summed E-state index contributed by atoms with van der Waals surface area (Å²) in [5.74, 6) is 0. The van der Waals surface area contributed by atoms with Gasteiger partial charge in [0.1, 0.15) is 0 Å². The topological polar surface area (TPSA) is 41.3 Å². The monoisotopic (exact) mass is 273 g/mol. The molecule has 1 aromatic heterocycles. The van der Waals surface area contributed by atoms with Gasteiger partial charge < -0.3 is 5.11 Å². The standard InChI is InChI=1S/C16H23N3O/c1-2-10-18(12-15-7-4-3-5-8-15)13-16(20)14-19-11-6-9-17-19/h3-9,11,16,20H,2,10,12-14H2,1H3. The lowest BCUT2D eigenvalue weighted by molar-refractivity contribution is 0.0914. The minimum absolute atomic E-state index is 0.398. The number of hydrogen-bond donors (Lipinski definition) is 1. The average molecular weight is 273 g/mol. The first kappa shape index (κ1) is 14.8. The lowest BCUT2D eigenvalue weighted by Crippen LogP contribution is -2.35. The predicted octanol–water partition coefficient (Wildman–Crippen LogP) is 2.16. The van der Waals surface area contributed by atoms with Gasteiger partial charge in [0.15, 0.2) is 0 Å². The van der Waals surface area contributed by atoms with Crippen LogP contribution in [0.5, 0.6) is 0 Å². The Morgan fingerprint density at radius 1 is 1.25 bits per heavy atom. The Balaban J connectivity index is 1.88. The van der Waals surface area contributed by atoms with Crippen LogP contribution in [0.25, 0.3) is 0 Å². The maximum absolute atomic E-state index is 10.2. The molecule has 0 spiro atoms. The number of nitrogens with zero attached hydrogens (tertiary/aromatic N) is 3. The van der Waals surface area contributed by atoms with E-state index in [-0.39, 0.29) is 0 Å². The van der Waals surface area contributed by atoms with Gasteiger partial charge in [0, 0.05) is 25.5 Å². The first-order valence-corrected chi connectivity index (χ1v) is 7.19. The summed E-state index contributed by atoms with van der Waals surface area (Å²) < 4.78 is 1.78. The third-order valence-electron chi connectivity index (χ3n) is 3.21. The Kier molecular flexibility index (Phi) is 5.77. The molecule has 108 valence electrons. The van der Waals surface area contributed by atoms with Crippen molar-refractivity contribution in [2.24, 2.45) is 0 Å². The lowest BCUT2D eigenvalue weighted by atomic mass is 10.2. The van der Waals surface area contributed by atoms with Crippen LogP contribution in [0, 0.1) is 0 Å². The van der Waals surface area contributed by atoms with E-state index in [1.807, 2.05) is 18.3 Å². The third kappa shape index (κ3) is 4.79. The highest BCUT2D eigenvalue weighted by Gasteiger charge is 2.12. The molecular formula is C16H23N3O. The van der Waals surface area contributed by atoms with Gasteiger partial charge in [-0.3, -0.25) is 9.58 Å². The van der Waals surface area contributed by atoms with Crippen molar-refractivity contribution in [1.29, 1.82) is 0 Å². The second-order valence-corrected chi connectivity index (χ2v) is 5.10. The number of aliphatic hydroxyl groups is 1. The van der Waals surface area contributed by atoms with Crippen LogP contribution in [-0.2, 0) is 13.1 Å². The number of benzene rings is 1. The summed E-state index contributed by atoms with van der Waals surface area (Å²) in [7, 11) is 0. The molecule has 1 unspecified atom stereocenters. The van der Waals surface area contributed by atoms with E-state index < -0.39 is 6.10 Å². The molecule has 0 aliphatic rings. The van der Waals surface area contributed by atoms with Crippen LogP contribution in [0.2, 0.25) is 0 Å². The molecule has 1 heterocycles. The Hall–Kier alpha value is -1.65. The molecule has 4 heteroatoms. The highest BCUT2D eigenvalue weighted by molar-refractivity contribution is 5.14. The molecule has 1 atom stereocenters. The van der Waals surface area contributed by atoms with Crippen molar-refractivity contribution >= 4 is 0 Å². The average Bonchev–Trinajstić information content (AvgIpc) is 2.93. The highest BCUT2D eigenvalue weighted by atomic mass is 16.3. The first-order valence-electron chi connectivity index (χ1n) is 7.19. The number of aromatic nitrogens is 2. The van der Waals surface area contributed by atoms with E-state index in [1.54, 1.807) is 10.9 Å². The molecule has 0 fully saturated rings. The highest BCUT2D eigenvalue weighted by Crippen LogP contribution is 2.06. The molecule has 0 radical (unpaired) electrons. The van der Waals surface area contributed by atoms with Gasteiger partial charge in [0.05, 0.1) is 12.6 Å². The van der Waals surface area contributed by atoms with E-state index in [4.69, 9.17) is 0 Å². The molecule has 2 aromatic rings. The van der Waals surface area contributed by atoms with E-state index in [9.17, 15) is 5.11 Å². The summed E-state index contributed by atoms with van der Waals surface area (Å²) >= 11 is 0. The van der Waals surface area contributed by atoms with Gasteiger partial charge >= 0.3 is 0 Å². The van der Waals surface area contributed by atoms with Crippen molar-refractivity contribution in [3.8, 4) is 0 Å². The molecular weight excluding hydrogens is 250 g/mol. The Morgan fingerprint density at radius 3 is 2.70 bits per heavy atom. The maximum Gasteiger partial charge on any atom is 0.0862 e. The van der Waals surface area contributed by atoms with Crippen molar-refractivity contribution in [3.63, 3.8) is 0 Å². The van der Waals surface area contributed by atoms with Crippen molar-refractivity contribution in [2.75, 3.05) is 13.1 Å². The Bertz CT molecular complexity index is 470. The van der Waals surface area contributed by atoms with E-state index in [0.717, 1.165) is 19.5 Å². The number of rotatable bonds is 8.